The highest BCUT2D eigenvalue weighted by atomic mass is 32.2. The minimum absolute atomic E-state index is 0.220. The Morgan fingerprint density at radius 2 is 1.77 bits per heavy atom. The van der Waals surface area contributed by atoms with Gasteiger partial charge in [0.25, 0.3) is 5.56 Å². The van der Waals surface area contributed by atoms with E-state index in [4.69, 9.17) is 19.6 Å². The first-order chi connectivity index (χ1) is 23.3. The zero-order chi connectivity index (χ0) is 33.8. The molecule has 0 aliphatic carbocycles. The highest BCUT2D eigenvalue weighted by Gasteiger charge is 2.33. The number of carbonyl (C=O) groups is 1. The zero-order valence-electron chi connectivity index (χ0n) is 27.7. The second-order valence-electron chi connectivity index (χ2n) is 11.8. The molecule has 1 aliphatic heterocycles. The van der Waals surface area contributed by atoms with Gasteiger partial charge in [-0.05, 0) is 92.6 Å². The molecule has 1 unspecified atom stereocenters. The Morgan fingerprint density at radius 3 is 2.44 bits per heavy atom. The Morgan fingerprint density at radius 1 is 1.04 bits per heavy atom. The summed E-state index contributed by atoms with van der Waals surface area (Å²) in [4.78, 5) is 34.0. The van der Waals surface area contributed by atoms with Crippen molar-refractivity contribution in [1.29, 1.82) is 0 Å². The molecule has 0 radical (unpaired) electrons. The molecule has 0 saturated heterocycles. The molecule has 0 spiro atoms. The molecule has 6 rings (SSSR count). The third kappa shape index (κ3) is 6.95. The van der Waals surface area contributed by atoms with Gasteiger partial charge in [-0.1, -0.05) is 55.5 Å². The smallest absolute Gasteiger partial charge is 0.338 e. The van der Waals surface area contributed by atoms with Crippen LogP contribution in [0.25, 0.3) is 23.0 Å². The number of hydrogen-bond donors (Lipinski definition) is 0. The van der Waals surface area contributed by atoms with Gasteiger partial charge < -0.3 is 9.47 Å². The first-order valence-corrected chi connectivity index (χ1v) is 18.0. The van der Waals surface area contributed by atoms with Crippen LogP contribution >= 0.6 is 23.1 Å². The van der Waals surface area contributed by atoms with Gasteiger partial charge in [-0.3, -0.25) is 9.36 Å². The summed E-state index contributed by atoms with van der Waals surface area (Å²) in [5.41, 5.74) is 4.77. The normalized spacial score (nSPS) is 14.6. The van der Waals surface area contributed by atoms with Gasteiger partial charge in [0.15, 0.2) is 4.80 Å². The highest BCUT2D eigenvalue weighted by Crippen LogP contribution is 2.32. The number of thioether (sulfide) groups is 1. The maximum atomic E-state index is 14.3. The quantitative estimate of drug-likeness (QED) is 0.113. The van der Waals surface area contributed by atoms with Crippen LogP contribution in [0.5, 0.6) is 5.75 Å². The number of allylic oxidation sites excluding steroid dienone is 1. The van der Waals surface area contributed by atoms with Crippen LogP contribution in [-0.4, -0.2) is 39.8 Å². The van der Waals surface area contributed by atoms with Crippen molar-refractivity contribution in [2.24, 2.45) is 10.9 Å². The summed E-state index contributed by atoms with van der Waals surface area (Å²) in [6.07, 6.45) is 6.80. The van der Waals surface area contributed by atoms with Gasteiger partial charge in [0.2, 0.25) is 0 Å². The van der Waals surface area contributed by atoms with E-state index in [1.807, 2.05) is 102 Å². The lowest BCUT2D eigenvalue weighted by Crippen LogP contribution is -2.39. The van der Waals surface area contributed by atoms with Crippen molar-refractivity contribution in [2.45, 2.75) is 45.1 Å². The molecule has 5 aromatic rings. The van der Waals surface area contributed by atoms with Gasteiger partial charge in [-0.25, -0.2) is 14.5 Å². The molecular weight excluding hydrogens is 641 g/mol. The van der Waals surface area contributed by atoms with Crippen LogP contribution in [0.15, 0.2) is 111 Å². The van der Waals surface area contributed by atoms with Crippen molar-refractivity contribution in [2.75, 3.05) is 19.5 Å². The first-order valence-electron chi connectivity index (χ1n) is 16.0. The van der Waals surface area contributed by atoms with E-state index in [1.165, 1.54) is 11.3 Å². The average molecular weight is 679 g/mol. The van der Waals surface area contributed by atoms with Crippen LogP contribution in [0.4, 0.5) is 0 Å². The molecule has 1 atom stereocenters. The molecule has 1 aliphatic rings. The summed E-state index contributed by atoms with van der Waals surface area (Å²) < 4.78 is 15.3. The molecule has 2 aromatic heterocycles. The third-order valence-corrected chi connectivity index (χ3v) is 9.82. The minimum atomic E-state index is -0.673. The number of rotatable bonds is 11. The molecule has 8 nitrogen and oxygen atoms in total. The highest BCUT2D eigenvalue weighted by molar-refractivity contribution is 7.98. The van der Waals surface area contributed by atoms with E-state index in [-0.39, 0.29) is 12.2 Å². The lowest BCUT2D eigenvalue weighted by molar-refractivity contribution is -0.139. The van der Waals surface area contributed by atoms with Crippen LogP contribution in [0.2, 0.25) is 0 Å². The monoisotopic (exact) mass is 678 g/mol. The number of esters is 1. The molecule has 10 heteroatoms. The summed E-state index contributed by atoms with van der Waals surface area (Å²) in [6, 6.07) is 25.0. The van der Waals surface area contributed by atoms with Gasteiger partial charge >= 0.3 is 5.97 Å². The topological polar surface area (TPSA) is 87.7 Å². The van der Waals surface area contributed by atoms with Crippen LogP contribution < -0.4 is 19.6 Å². The van der Waals surface area contributed by atoms with Crippen LogP contribution in [-0.2, 0) is 9.53 Å². The number of hydrogen-bond acceptors (Lipinski definition) is 8. The molecule has 246 valence electrons. The summed E-state index contributed by atoms with van der Waals surface area (Å²) in [7, 11) is 0. The summed E-state index contributed by atoms with van der Waals surface area (Å²) >= 11 is 2.93. The van der Waals surface area contributed by atoms with Crippen LogP contribution in [0.3, 0.4) is 0 Å². The number of para-hydroxylation sites is 1. The van der Waals surface area contributed by atoms with E-state index in [9.17, 15) is 9.59 Å². The number of benzene rings is 3. The standard InChI is InChI=1S/C38H38N4O4S2/c1-6-45-37(44)33-25(4)39-38-42(35(33)27-14-18-31(47-5)19-15-27)36(43)32(48-38)22-28-23-41(29-10-8-7-9-11-29)40-34(28)26-12-16-30(17-13-26)46-21-20-24(2)3/h7-19,22-24,35H,6,20-21H2,1-5H3. The van der Waals surface area contributed by atoms with E-state index >= 15 is 0 Å². The predicted molar refractivity (Wildman–Crippen MR) is 193 cm³/mol. The van der Waals surface area contributed by atoms with Gasteiger partial charge in [-0.2, -0.15) is 5.10 Å². The molecule has 0 saturated carbocycles. The fraction of sp³-hybridized carbons (Fsp3) is 0.263. The van der Waals surface area contributed by atoms with Crippen molar-refractivity contribution in [3.05, 3.63) is 127 Å². The van der Waals surface area contributed by atoms with Crippen LogP contribution in [0.1, 0.15) is 51.3 Å². The van der Waals surface area contributed by atoms with E-state index in [2.05, 4.69) is 13.8 Å². The Hall–Kier alpha value is -4.67. The molecule has 3 heterocycles. The number of fused-ring (bicyclic) bond motifs is 1. The number of thiazole rings is 1. The zero-order valence-corrected chi connectivity index (χ0v) is 29.3. The molecule has 3 aromatic carbocycles. The molecule has 0 amide bonds. The minimum Gasteiger partial charge on any atom is -0.494 e. The van der Waals surface area contributed by atoms with Crippen molar-refractivity contribution in [3.63, 3.8) is 0 Å². The predicted octanol–water partition coefficient (Wildman–Crippen LogP) is 6.80. The summed E-state index contributed by atoms with van der Waals surface area (Å²) in [6.45, 7) is 8.80. The van der Waals surface area contributed by atoms with Gasteiger partial charge in [0, 0.05) is 22.2 Å². The van der Waals surface area contributed by atoms with Crippen LogP contribution in [0, 0.1) is 5.92 Å². The summed E-state index contributed by atoms with van der Waals surface area (Å²) in [5, 5.41) is 4.97. The van der Waals surface area contributed by atoms with E-state index in [0.29, 0.717) is 33.1 Å². The lowest BCUT2D eigenvalue weighted by Gasteiger charge is -2.24. The fourth-order valence-electron chi connectivity index (χ4n) is 5.59. The van der Waals surface area contributed by atoms with Crippen molar-refractivity contribution >= 4 is 35.1 Å². The van der Waals surface area contributed by atoms with Crippen molar-refractivity contribution in [3.8, 4) is 22.7 Å². The van der Waals surface area contributed by atoms with Crippen molar-refractivity contribution in [1.82, 2.24) is 14.3 Å². The maximum Gasteiger partial charge on any atom is 0.338 e. The number of nitrogens with zero attached hydrogens (tertiary/aromatic N) is 4. The Kier molecular flexibility index (Phi) is 10.1. The van der Waals surface area contributed by atoms with Gasteiger partial charge in [-0.15, -0.1) is 11.8 Å². The Labute approximate surface area is 288 Å². The maximum absolute atomic E-state index is 14.3. The SMILES string of the molecule is CCOC(=O)C1=C(C)N=c2sc(=Cc3cn(-c4ccccc4)nc3-c3ccc(OCCC(C)C)cc3)c(=O)n2C1c1ccc(SC)cc1. The lowest BCUT2D eigenvalue weighted by atomic mass is 9.96. The summed E-state index contributed by atoms with van der Waals surface area (Å²) in [5.74, 6) is 0.890. The van der Waals surface area contributed by atoms with Gasteiger partial charge in [0.05, 0.1) is 40.7 Å². The number of aromatic nitrogens is 3. The van der Waals surface area contributed by atoms with Gasteiger partial charge in [0.1, 0.15) is 11.4 Å². The van der Waals surface area contributed by atoms with E-state index in [0.717, 1.165) is 45.1 Å². The average Bonchev–Trinajstić information content (AvgIpc) is 3.65. The molecule has 0 fully saturated rings. The molecular formula is C38H38N4O4S2. The molecule has 0 bridgehead atoms. The second-order valence-corrected chi connectivity index (χ2v) is 13.7. The molecule has 0 N–H and O–H groups in total. The van der Waals surface area contributed by atoms with E-state index < -0.39 is 12.0 Å². The van der Waals surface area contributed by atoms with E-state index in [1.54, 1.807) is 30.2 Å². The first kappa shape index (κ1) is 33.2. The third-order valence-electron chi connectivity index (χ3n) is 8.09. The largest absolute Gasteiger partial charge is 0.494 e. The number of ether oxygens (including phenoxy) is 2. The molecule has 48 heavy (non-hydrogen) atoms. The fourth-order valence-corrected chi connectivity index (χ4v) is 7.03. The Balaban J connectivity index is 1.47. The Bertz CT molecular complexity index is 2130. The second kappa shape index (κ2) is 14.6. The number of carbonyl (C=O) groups excluding carboxylic acids is 1. The van der Waals surface area contributed by atoms with Crippen molar-refractivity contribution < 1.29 is 14.3 Å².